The standard InChI is InChI=1S/C12H15O/c13-12-8-6-11(7-9-12)10-4-2-1-3-5-10/h2,6-10,13H,1,3-5H2. The van der Waals surface area contributed by atoms with Crippen molar-refractivity contribution in [2.45, 2.75) is 31.6 Å². The SMILES string of the molecule is Oc1ccc(C2C[CH]CCC2)cc1. The summed E-state index contributed by atoms with van der Waals surface area (Å²) in [5.74, 6) is 1.05. The second-order valence-electron chi connectivity index (χ2n) is 3.74. The fourth-order valence-electron chi connectivity index (χ4n) is 1.99. The molecule has 1 N–H and O–H groups in total. The molecule has 1 aliphatic rings. The van der Waals surface area contributed by atoms with Gasteiger partial charge in [-0.2, -0.15) is 0 Å². The van der Waals surface area contributed by atoms with Gasteiger partial charge < -0.3 is 5.11 Å². The van der Waals surface area contributed by atoms with Crippen LogP contribution in [0.4, 0.5) is 0 Å². The smallest absolute Gasteiger partial charge is 0.115 e. The van der Waals surface area contributed by atoms with E-state index in [0.717, 1.165) is 0 Å². The molecule has 1 unspecified atom stereocenters. The molecular weight excluding hydrogens is 160 g/mol. The van der Waals surface area contributed by atoms with Gasteiger partial charge in [0.05, 0.1) is 0 Å². The predicted octanol–water partition coefficient (Wildman–Crippen LogP) is 3.25. The second-order valence-corrected chi connectivity index (χ2v) is 3.74. The maximum Gasteiger partial charge on any atom is 0.115 e. The fraction of sp³-hybridized carbons (Fsp3) is 0.417. The number of benzene rings is 1. The number of hydrogen-bond acceptors (Lipinski definition) is 1. The molecule has 0 saturated heterocycles. The lowest BCUT2D eigenvalue weighted by molar-refractivity contribution is 0.473. The first-order chi connectivity index (χ1) is 6.36. The van der Waals surface area contributed by atoms with Crippen molar-refractivity contribution >= 4 is 0 Å². The Labute approximate surface area is 79.4 Å². The molecule has 0 aromatic heterocycles. The number of hydrogen-bond donors (Lipinski definition) is 1. The summed E-state index contributed by atoms with van der Waals surface area (Å²) in [5, 5.41) is 9.15. The third-order valence-electron chi connectivity index (χ3n) is 2.78. The average molecular weight is 175 g/mol. The van der Waals surface area contributed by atoms with Crippen molar-refractivity contribution in [3.8, 4) is 5.75 Å². The van der Waals surface area contributed by atoms with Gasteiger partial charge in [-0.15, -0.1) is 0 Å². The zero-order valence-electron chi connectivity index (χ0n) is 7.74. The fourth-order valence-corrected chi connectivity index (χ4v) is 1.99. The molecular formula is C12H15O. The van der Waals surface area contributed by atoms with E-state index in [4.69, 9.17) is 5.11 Å². The summed E-state index contributed by atoms with van der Waals surface area (Å²) in [4.78, 5) is 0. The van der Waals surface area contributed by atoms with Gasteiger partial charge in [-0.05, 0) is 42.9 Å². The molecule has 1 fully saturated rings. The molecule has 1 aliphatic carbocycles. The largest absolute Gasteiger partial charge is 0.508 e. The summed E-state index contributed by atoms with van der Waals surface area (Å²) in [6, 6.07) is 7.65. The van der Waals surface area contributed by atoms with Gasteiger partial charge in [-0.1, -0.05) is 25.0 Å². The van der Waals surface area contributed by atoms with Crippen molar-refractivity contribution in [3.63, 3.8) is 0 Å². The van der Waals surface area contributed by atoms with Crippen molar-refractivity contribution in [2.75, 3.05) is 0 Å². The van der Waals surface area contributed by atoms with Gasteiger partial charge in [0.2, 0.25) is 0 Å². The van der Waals surface area contributed by atoms with E-state index in [1.54, 1.807) is 12.1 Å². The number of rotatable bonds is 1. The highest BCUT2D eigenvalue weighted by Crippen LogP contribution is 2.32. The predicted molar refractivity (Wildman–Crippen MR) is 53.6 cm³/mol. The van der Waals surface area contributed by atoms with Crippen molar-refractivity contribution in [3.05, 3.63) is 36.2 Å². The Hall–Kier alpha value is -0.980. The van der Waals surface area contributed by atoms with Crippen molar-refractivity contribution in [1.29, 1.82) is 0 Å². The molecule has 1 nitrogen and oxygen atoms in total. The highest BCUT2D eigenvalue weighted by Gasteiger charge is 2.14. The van der Waals surface area contributed by atoms with Gasteiger partial charge in [0, 0.05) is 0 Å². The molecule has 2 rings (SSSR count). The van der Waals surface area contributed by atoms with Crippen LogP contribution in [0.1, 0.15) is 37.2 Å². The molecule has 13 heavy (non-hydrogen) atoms. The Balaban J connectivity index is 2.10. The Morgan fingerprint density at radius 3 is 2.54 bits per heavy atom. The monoisotopic (exact) mass is 175 g/mol. The zero-order valence-corrected chi connectivity index (χ0v) is 7.74. The molecule has 0 spiro atoms. The first-order valence-corrected chi connectivity index (χ1v) is 4.97. The third-order valence-corrected chi connectivity index (χ3v) is 2.78. The van der Waals surface area contributed by atoms with E-state index in [1.807, 2.05) is 12.1 Å². The minimum Gasteiger partial charge on any atom is -0.508 e. The lowest BCUT2D eigenvalue weighted by Crippen LogP contribution is -2.04. The van der Waals surface area contributed by atoms with Gasteiger partial charge in [0.25, 0.3) is 0 Å². The molecule has 1 aromatic carbocycles. The first kappa shape index (κ1) is 8.61. The van der Waals surface area contributed by atoms with Gasteiger partial charge in [-0.25, -0.2) is 0 Å². The third kappa shape index (κ3) is 2.03. The van der Waals surface area contributed by atoms with E-state index in [1.165, 1.54) is 31.2 Å². The van der Waals surface area contributed by atoms with Crippen LogP contribution in [0.25, 0.3) is 0 Å². The number of phenolic OH excluding ortho intramolecular Hbond substituents is 1. The molecule has 69 valence electrons. The van der Waals surface area contributed by atoms with Crippen LogP contribution in [-0.4, -0.2) is 5.11 Å². The molecule has 0 aliphatic heterocycles. The van der Waals surface area contributed by atoms with Crippen LogP contribution in [0.15, 0.2) is 24.3 Å². The van der Waals surface area contributed by atoms with Crippen LogP contribution < -0.4 is 0 Å². The average Bonchev–Trinajstić information content (AvgIpc) is 2.20. The Morgan fingerprint density at radius 1 is 1.15 bits per heavy atom. The van der Waals surface area contributed by atoms with Crippen molar-refractivity contribution < 1.29 is 5.11 Å². The first-order valence-electron chi connectivity index (χ1n) is 4.97. The van der Waals surface area contributed by atoms with Crippen molar-refractivity contribution in [1.82, 2.24) is 0 Å². The summed E-state index contributed by atoms with van der Waals surface area (Å²) >= 11 is 0. The summed E-state index contributed by atoms with van der Waals surface area (Å²) in [5.41, 5.74) is 1.37. The minimum absolute atomic E-state index is 0.364. The maximum atomic E-state index is 9.15. The van der Waals surface area contributed by atoms with Crippen LogP contribution in [-0.2, 0) is 0 Å². The van der Waals surface area contributed by atoms with E-state index < -0.39 is 0 Å². The Morgan fingerprint density at radius 2 is 1.92 bits per heavy atom. The Kier molecular flexibility index (Phi) is 2.53. The van der Waals surface area contributed by atoms with Crippen LogP contribution in [0.5, 0.6) is 5.75 Å². The normalized spacial score (nSPS) is 18.8. The van der Waals surface area contributed by atoms with Crippen LogP contribution in [0, 0.1) is 6.42 Å². The maximum absolute atomic E-state index is 9.15. The van der Waals surface area contributed by atoms with Crippen molar-refractivity contribution in [2.24, 2.45) is 0 Å². The quantitative estimate of drug-likeness (QED) is 0.694. The second kappa shape index (κ2) is 3.82. The highest BCUT2D eigenvalue weighted by atomic mass is 16.3. The molecule has 0 heterocycles. The van der Waals surface area contributed by atoms with Gasteiger partial charge in [-0.3, -0.25) is 0 Å². The van der Waals surface area contributed by atoms with E-state index in [9.17, 15) is 0 Å². The summed E-state index contributed by atoms with van der Waals surface area (Å²) in [7, 11) is 0. The molecule has 0 amide bonds. The summed E-state index contributed by atoms with van der Waals surface area (Å²) in [6.45, 7) is 0. The summed E-state index contributed by atoms with van der Waals surface area (Å²) in [6.07, 6.45) is 7.45. The number of aromatic hydroxyl groups is 1. The topological polar surface area (TPSA) is 20.2 Å². The van der Waals surface area contributed by atoms with E-state index in [2.05, 4.69) is 6.42 Å². The Bertz CT molecular complexity index is 257. The van der Waals surface area contributed by atoms with Crippen LogP contribution >= 0.6 is 0 Å². The molecule has 1 saturated carbocycles. The number of phenols is 1. The molecule has 1 atom stereocenters. The van der Waals surface area contributed by atoms with Crippen LogP contribution in [0.2, 0.25) is 0 Å². The lowest BCUT2D eigenvalue weighted by Gasteiger charge is -2.21. The van der Waals surface area contributed by atoms with Gasteiger partial charge in [0.1, 0.15) is 5.75 Å². The molecule has 1 aromatic rings. The zero-order chi connectivity index (χ0) is 9.10. The van der Waals surface area contributed by atoms with E-state index in [-0.39, 0.29) is 0 Å². The highest BCUT2D eigenvalue weighted by molar-refractivity contribution is 5.28. The van der Waals surface area contributed by atoms with Gasteiger partial charge >= 0.3 is 0 Å². The summed E-state index contributed by atoms with van der Waals surface area (Å²) < 4.78 is 0. The van der Waals surface area contributed by atoms with Gasteiger partial charge in [0.15, 0.2) is 0 Å². The van der Waals surface area contributed by atoms with E-state index >= 15 is 0 Å². The molecule has 0 bridgehead atoms. The molecule has 1 radical (unpaired) electrons. The van der Waals surface area contributed by atoms with Crippen LogP contribution in [0.3, 0.4) is 0 Å². The van der Waals surface area contributed by atoms with E-state index in [0.29, 0.717) is 11.7 Å². The molecule has 1 heteroatoms. The lowest BCUT2D eigenvalue weighted by atomic mass is 9.84. The minimum atomic E-state index is 0.364.